The van der Waals surface area contributed by atoms with E-state index in [1.807, 2.05) is 10.9 Å². The van der Waals surface area contributed by atoms with Gasteiger partial charge in [-0.05, 0) is 21.8 Å². The van der Waals surface area contributed by atoms with Crippen molar-refractivity contribution in [1.29, 1.82) is 0 Å². The van der Waals surface area contributed by atoms with Gasteiger partial charge in [-0.25, -0.2) is 0 Å². The average Bonchev–Trinajstić information content (AvgIpc) is 2.31. The zero-order valence-electron chi connectivity index (χ0n) is 8.25. The smallest absolute Gasteiger partial charge is 0.102 e. The number of hydrogen-bond acceptors (Lipinski definition) is 2. The maximum absolute atomic E-state index is 5.02. The first kappa shape index (κ1) is 10.7. The lowest BCUT2D eigenvalue weighted by Crippen LogP contribution is -2.05. The van der Waals surface area contributed by atoms with E-state index in [0.29, 0.717) is 12.5 Å². The average molecular weight is 247 g/mol. The third-order valence-electron chi connectivity index (χ3n) is 1.62. The summed E-state index contributed by atoms with van der Waals surface area (Å²) >= 11 is 3.44. The van der Waals surface area contributed by atoms with Gasteiger partial charge in [-0.2, -0.15) is 5.10 Å². The third kappa shape index (κ3) is 3.12. The molecule has 0 unspecified atom stereocenters. The van der Waals surface area contributed by atoms with Gasteiger partial charge in [0.15, 0.2) is 0 Å². The van der Waals surface area contributed by atoms with Crippen molar-refractivity contribution >= 4 is 15.9 Å². The lowest BCUT2D eigenvalue weighted by atomic mass is 10.2. The van der Waals surface area contributed by atoms with Gasteiger partial charge >= 0.3 is 0 Å². The van der Waals surface area contributed by atoms with Crippen LogP contribution in [-0.4, -0.2) is 16.9 Å². The summed E-state index contributed by atoms with van der Waals surface area (Å²) in [5.74, 6) is 0.613. The van der Waals surface area contributed by atoms with E-state index in [-0.39, 0.29) is 0 Å². The van der Waals surface area contributed by atoms with E-state index in [0.717, 1.165) is 16.7 Å². The number of aromatic nitrogens is 2. The second-order valence-electron chi connectivity index (χ2n) is 3.47. The van der Waals surface area contributed by atoms with Gasteiger partial charge in [-0.3, -0.25) is 4.68 Å². The first-order valence-corrected chi connectivity index (χ1v) is 5.13. The first-order chi connectivity index (χ1) is 6.13. The van der Waals surface area contributed by atoms with Crippen molar-refractivity contribution in [3.8, 4) is 0 Å². The first-order valence-electron chi connectivity index (χ1n) is 4.34. The summed E-state index contributed by atoms with van der Waals surface area (Å²) in [6.45, 7) is 5.85. The van der Waals surface area contributed by atoms with Gasteiger partial charge in [0, 0.05) is 19.9 Å². The van der Waals surface area contributed by atoms with Gasteiger partial charge in [-0.1, -0.05) is 13.8 Å². The fourth-order valence-corrected chi connectivity index (χ4v) is 1.57. The molecule has 4 heteroatoms. The van der Waals surface area contributed by atoms with Gasteiger partial charge in [0.1, 0.15) is 5.69 Å². The van der Waals surface area contributed by atoms with Crippen LogP contribution < -0.4 is 0 Å². The molecule has 0 aliphatic rings. The summed E-state index contributed by atoms with van der Waals surface area (Å²) in [4.78, 5) is 0. The van der Waals surface area contributed by atoms with E-state index < -0.39 is 0 Å². The normalized spacial score (nSPS) is 11.2. The number of rotatable bonds is 4. The van der Waals surface area contributed by atoms with Crippen molar-refractivity contribution in [1.82, 2.24) is 9.78 Å². The Bertz CT molecular complexity index is 271. The molecular formula is C9H15BrN2O. The summed E-state index contributed by atoms with van der Waals surface area (Å²) in [5.41, 5.74) is 0.961. The van der Waals surface area contributed by atoms with Crippen molar-refractivity contribution in [3.05, 3.63) is 16.4 Å². The number of halogens is 1. The SMILES string of the molecule is COCc1nn(CC(C)C)cc1Br. The predicted molar refractivity (Wildman–Crippen MR) is 55.5 cm³/mol. The zero-order chi connectivity index (χ0) is 9.84. The maximum atomic E-state index is 5.02. The van der Waals surface area contributed by atoms with E-state index in [2.05, 4.69) is 34.9 Å². The summed E-state index contributed by atoms with van der Waals surface area (Å²) in [6.07, 6.45) is 1.99. The summed E-state index contributed by atoms with van der Waals surface area (Å²) in [5, 5.41) is 4.38. The molecular weight excluding hydrogens is 232 g/mol. The second-order valence-corrected chi connectivity index (χ2v) is 4.33. The Balaban J connectivity index is 2.70. The van der Waals surface area contributed by atoms with Gasteiger partial charge in [0.2, 0.25) is 0 Å². The van der Waals surface area contributed by atoms with Gasteiger partial charge in [-0.15, -0.1) is 0 Å². The minimum absolute atomic E-state index is 0.561. The number of nitrogens with zero attached hydrogens (tertiary/aromatic N) is 2. The maximum Gasteiger partial charge on any atom is 0.102 e. The van der Waals surface area contributed by atoms with Crippen LogP contribution in [0.5, 0.6) is 0 Å². The van der Waals surface area contributed by atoms with Crippen molar-refractivity contribution < 1.29 is 4.74 Å². The Morgan fingerprint density at radius 1 is 1.62 bits per heavy atom. The predicted octanol–water partition coefficient (Wildman–Crippen LogP) is 2.45. The Kier molecular flexibility index (Phi) is 3.93. The van der Waals surface area contributed by atoms with Crippen LogP contribution >= 0.6 is 15.9 Å². The van der Waals surface area contributed by atoms with Gasteiger partial charge < -0.3 is 4.74 Å². The van der Waals surface area contributed by atoms with Crippen LogP contribution in [0.4, 0.5) is 0 Å². The number of hydrogen-bond donors (Lipinski definition) is 0. The van der Waals surface area contributed by atoms with Crippen LogP contribution in [0.15, 0.2) is 10.7 Å². The van der Waals surface area contributed by atoms with E-state index in [1.165, 1.54) is 0 Å². The monoisotopic (exact) mass is 246 g/mol. The highest BCUT2D eigenvalue weighted by Crippen LogP contribution is 2.16. The molecule has 0 atom stereocenters. The van der Waals surface area contributed by atoms with Gasteiger partial charge in [0.05, 0.1) is 11.1 Å². The van der Waals surface area contributed by atoms with Crippen LogP contribution in [-0.2, 0) is 17.9 Å². The summed E-state index contributed by atoms with van der Waals surface area (Å²) in [7, 11) is 1.67. The summed E-state index contributed by atoms with van der Waals surface area (Å²) < 4.78 is 7.99. The molecule has 1 aromatic heterocycles. The van der Waals surface area contributed by atoms with Crippen LogP contribution in [0, 0.1) is 5.92 Å². The molecule has 1 aromatic rings. The molecule has 0 spiro atoms. The van der Waals surface area contributed by atoms with Crippen LogP contribution in [0.25, 0.3) is 0 Å². The highest BCUT2D eigenvalue weighted by Gasteiger charge is 2.06. The molecule has 13 heavy (non-hydrogen) atoms. The highest BCUT2D eigenvalue weighted by atomic mass is 79.9. The fourth-order valence-electron chi connectivity index (χ4n) is 1.14. The quantitative estimate of drug-likeness (QED) is 0.817. The molecule has 0 N–H and O–H groups in total. The number of ether oxygens (including phenoxy) is 1. The Morgan fingerprint density at radius 2 is 2.31 bits per heavy atom. The van der Waals surface area contributed by atoms with E-state index in [1.54, 1.807) is 7.11 Å². The van der Waals surface area contributed by atoms with Crippen molar-refractivity contribution in [2.45, 2.75) is 27.0 Å². The Morgan fingerprint density at radius 3 is 2.85 bits per heavy atom. The Hall–Kier alpha value is -0.350. The minimum atomic E-state index is 0.561. The molecule has 0 amide bonds. The lowest BCUT2D eigenvalue weighted by molar-refractivity contribution is 0.180. The van der Waals surface area contributed by atoms with E-state index in [9.17, 15) is 0 Å². The van der Waals surface area contributed by atoms with Gasteiger partial charge in [0.25, 0.3) is 0 Å². The van der Waals surface area contributed by atoms with Crippen LogP contribution in [0.3, 0.4) is 0 Å². The molecule has 0 bridgehead atoms. The molecule has 1 heterocycles. The zero-order valence-corrected chi connectivity index (χ0v) is 9.84. The molecule has 0 saturated carbocycles. The molecule has 0 aliphatic carbocycles. The molecule has 0 saturated heterocycles. The Labute approximate surface area is 87.2 Å². The molecule has 0 aromatic carbocycles. The van der Waals surface area contributed by atoms with E-state index in [4.69, 9.17) is 4.74 Å². The van der Waals surface area contributed by atoms with Crippen molar-refractivity contribution in [2.24, 2.45) is 5.92 Å². The van der Waals surface area contributed by atoms with Crippen molar-refractivity contribution in [3.63, 3.8) is 0 Å². The third-order valence-corrected chi connectivity index (χ3v) is 2.28. The van der Waals surface area contributed by atoms with Crippen molar-refractivity contribution in [2.75, 3.05) is 7.11 Å². The lowest BCUT2D eigenvalue weighted by Gasteiger charge is -2.03. The van der Waals surface area contributed by atoms with Crippen LogP contribution in [0.1, 0.15) is 19.5 Å². The topological polar surface area (TPSA) is 27.1 Å². The summed E-state index contributed by atoms with van der Waals surface area (Å²) in [6, 6.07) is 0. The molecule has 0 fully saturated rings. The minimum Gasteiger partial charge on any atom is -0.378 e. The second kappa shape index (κ2) is 4.77. The standard InChI is InChI=1S/C9H15BrN2O/c1-7(2)4-12-5-8(10)9(11-12)6-13-3/h5,7H,4,6H2,1-3H3. The number of methoxy groups -OCH3 is 1. The molecule has 74 valence electrons. The molecule has 3 nitrogen and oxygen atoms in total. The van der Waals surface area contributed by atoms with Crippen LogP contribution in [0.2, 0.25) is 0 Å². The molecule has 1 rings (SSSR count). The highest BCUT2D eigenvalue weighted by molar-refractivity contribution is 9.10. The fraction of sp³-hybridized carbons (Fsp3) is 0.667. The largest absolute Gasteiger partial charge is 0.378 e. The molecule has 0 aliphatic heterocycles. The van der Waals surface area contributed by atoms with E-state index >= 15 is 0 Å². The molecule has 0 radical (unpaired) electrons.